The van der Waals surface area contributed by atoms with Crippen LogP contribution in [0.5, 0.6) is 0 Å². The Morgan fingerprint density at radius 3 is 1.68 bits per heavy atom. The molecule has 0 unspecified atom stereocenters. The molecule has 1 amide bonds. The Morgan fingerprint density at radius 2 is 1.16 bits per heavy atom. The van der Waals surface area contributed by atoms with Crippen molar-refractivity contribution < 1.29 is 4.79 Å². The molecule has 0 bridgehead atoms. The Kier molecular flexibility index (Phi) is 19.3. The Balaban J connectivity index is 3.21. The molecular formula is C22H46N2O. The van der Waals surface area contributed by atoms with E-state index in [0.29, 0.717) is 6.42 Å². The van der Waals surface area contributed by atoms with Gasteiger partial charge in [0.15, 0.2) is 0 Å². The van der Waals surface area contributed by atoms with E-state index in [-0.39, 0.29) is 5.91 Å². The Labute approximate surface area is 158 Å². The van der Waals surface area contributed by atoms with Crippen molar-refractivity contribution in [2.75, 3.05) is 26.7 Å². The van der Waals surface area contributed by atoms with Crippen LogP contribution in [0.3, 0.4) is 0 Å². The largest absolute Gasteiger partial charge is 0.356 e. The molecule has 0 aliphatic carbocycles. The minimum absolute atomic E-state index is 0.214. The van der Waals surface area contributed by atoms with Crippen molar-refractivity contribution >= 4 is 5.91 Å². The summed E-state index contributed by atoms with van der Waals surface area (Å²) in [5, 5.41) is 3.06. The zero-order valence-corrected chi connectivity index (χ0v) is 17.6. The zero-order valence-electron chi connectivity index (χ0n) is 17.6. The lowest BCUT2D eigenvalue weighted by atomic mass is 10.1. The SMILES string of the molecule is CCCCCCCCCCCCCCNC(=O)CCN(C)CCCC. The first-order chi connectivity index (χ1) is 12.2. The van der Waals surface area contributed by atoms with E-state index in [1.54, 1.807) is 0 Å². The summed E-state index contributed by atoms with van der Waals surface area (Å²) >= 11 is 0. The molecule has 0 fully saturated rings. The first-order valence-electron chi connectivity index (χ1n) is 11.2. The van der Waals surface area contributed by atoms with Gasteiger partial charge < -0.3 is 10.2 Å². The average molecular weight is 355 g/mol. The third-order valence-corrected chi connectivity index (χ3v) is 4.97. The minimum Gasteiger partial charge on any atom is -0.356 e. The van der Waals surface area contributed by atoms with Crippen LogP contribution in [-0.2, 0) is 4.79 Å². The molecule has 0 heterocycles. The Bertz CT molecular complexity index is 281. The van der Waals surface area contributed by atoms with E-state index in [0.717, 1.165) is 26.1 Å². The summed E-state index contributed by atoms with van der Waals surface area (Å²) in [5.74, 6) is 0.214. The van der Waals surface area contributed by atoms with Crippen molar-refractivity contribution in [2.45, 2.75) is 110 Å². The van der Waals surface area contributed by atoms with Gasteiger partial charge in [-0.1, -0.05) is 90.9 Å². The second-order valence-electron chi connectivity index (χ2n) is 7.65. The molecule has 0 saturated heterocycles. The fraction of sp³-hybridized carbons (Fsp3) is 0.955. The number of rotatable bonds is 19. The highest BCUT2D eigenvalue weighted by molar-refractivity contribution is 5.75. The van der Waals surface area contributed by atoms with Crippen LogP contribution < -0.4 is 5.32 Å². The lowest BCUT2D eigenvalue weighted by Crippen LogP contribution is -2.29. The average Bonchev–Trinajstić information content (AvgIpc) is 2.62. The third-order valence-electron chi connectivity index (χ3n) is 4.97. The molecule has 3 nitrogen and oxygen atoms in total. The van der Waals surface area contributed by atoms with E-state index >= 15 is 0 Å². The van der Waals surface area contributed by atoms with E-state index in [1.807, 2.05) is 0 Å². The summed E-state index contributed by atoms with van der Waals surface area (Å²) in [6.07, 6.45) is 19.4. The maximum Gasteiger partial charge on any atom is 0.221 e. The highest BCUT2D eigenvalue weighted by Crippen LogP contribution is 2.11. The molecule has 0 radical (unpaired) electrons. The number of carbonyl (C=O) groups excluding carboxylic acids is 1. The predicted octanol–water partition coefficient (Wildman–Crippen LogP) is 5.93. The summed E-state index contributed by atoms with van der Waals surface area (Å²) < 4.78 is 0. The van der Waals surface area contributed by atoms with E-state index in [4.69, 9.17) is 0 Å². The van der Waals surface area contributed by atoms with Gasteiger partial charge in [-0.05, 0) is 26.4 Å². The van der Waals surface area contributed by atoms with E-state index < -0.39 is 0 Å². The normalized spacial score (nSPS) is 11.2. The van der Waals surface area contributed by atoms with Crippen molar-refractivity contribution in [1.29, 1.82) is 0 Å². The van der Waals surface area contributed by atoms with Gasteiger partial charge in [-0.3, -0.25) is 4.79 Å². The standard InChI is InChI=1S/C22H46N2O/c1-4-6-8-9-10-11-12-13-14-15-16-17-19-23-22(25)18-21-24(3)20-7-5-2/h4-21H2,1-3H3,(H,23,25). The summed E-state index contributed by atoms with van der Waals surface area (Å²) in [6, 6.07) is 0. The number of amides is 1. The van der Waals surface area contributed by atoms with Gasteiger partial charge in [0, 0.05) is 19.5 Å². The van der Waals surface area contributed by atoms with E-state index in [1.165, 1.54) is 83.5 Å². The summed E-state index contributed by atoms with van der Waals surface area (Å²) in [7, 11) is 2.11. The van der Waals surface area contributed by atoms with Gasteiger partial charge in [-0.2, -0.15) is 0 Å². The van der Waals surface area contributed by atoms with Crippen LogP contribution in [0.2, 0.25) is 0 Å². The highest BCUT2D eigenvalue weighted by Gasteiger charge is 2.03. The molecule has 1 N–H and O–H groups in total. The number of nitrogens with one attached hydrogen (secondary N) is 1. The second kappa shape index (κ2) is 19.8. The molecule has 3 heteroatoms. The maximum absolute atomic E-state index is 11.8. The fourth-order valence-electron chi connectivity index (χ4n) is 3.11. The lowest BCUT2D eigenvalue weighted by Gasteiger charge is -2.15. The Hall–Kier alpha value is -0.570. The third kappa shape index (κ3) is 19.6. The number of hydrogen-bond acceptors (Lipinski definition) is 2. The summed E-state index contributed by atoms with van der Waals surface area (Å²) in [6.45, 7) is 7.32. The highest BCUT2D eigenvalue weighted by atomic mass is 16.1. The van der Waals surface area contributed by atoms with Crippen molar-refractivity contribution in [3.63, 3.8) is 0 Å². The predicted molar refractivity (Wildman–Crippen MR) is 111 cm³/mol. The van der Waals surface area contributed by atoms with Crippen LogP contribution >= 0.6 is 0 Å². The van der Waals surface area contributed by atoms with Gasteiger partial charge in [0.2, 0.25) is 5.91 Å². The van der Waals surface area contributed by atoms with Crippen LogP contribution in [0.4, 0.5) is 0 Å². The Morgan fingerprint density at radius 1 is 0.680 bits per heavy atom. The minimum atomic E-state index is 0.214. The molecular weight excluding hydrogens is 308 g/mol. The first kappa shape index (κ1) is 24.4. The zero-order chi connectivity index (χ0) is 18.6. The van der Waals surface area contributed by atoms with Crippen LogP contribution in [0.15, 0.2) is 0 Å². The molecule has 0 aromatic heterocycles. The van der Waals surface area contributed by atoms with Gasteiger partial charge in [0.1, 0.15) is 0 Å². The van der Waals surface area contributed by atoms with Crippen LogP contribution in [0, 0.1) is 0 Å². The fourth-order valence-corrected chi connectivity index (χ4v) is 3.11. The molecule has 0 spiro atoms. The molecule has 25 heavy (non-hydrogen) atoms. The van der Waals surface area contributed by atoms with Crippen LogP contribution in [0.1, 0.15) is 110 Å². The van der Waals surface area contributed by atoms with Crippen molar-refractivity contribution in [2.24, 2.45) is 0 Å². The molecule has 0 aliphatic heterocycles. The van der Waals surface area contributed by atoms with Crippen LogP contribution in [0.25, 0.3) is 0 Å². The second-order valence-corrected chi connectivity index (χ2v) is 7.65. The number of nitrogens with zero attached hydrogens (tertiary/aromatic N) is 1. The summed E-state index contributed by atoms with van der Waals surface area (Å²) in [4.78, 5) is 14.0. The van der Waals surface area contributed by atoms with Gasteiger partial charge >= 0.3 is 0 Å². The summed E-state index contributed by atoms with van der Waals surface area (Å²) in [5.41, 5.74) is 0. The van der Waals surface area contributed by atoms with Crippen LogP contribution in [-0.4, -0.2) is 37.5 Å². The van der Waals surface area contributed by atoms with Crippen molar-refractivity contribution in [1.82, 2.24) is 10.2 Å². The van der Waals surface area contributed by atoms with Gasteiger partial charge in [-0.15, -0.1) is 0 Å². The van der Waals surface area contributed by atoms with Gasteiger partial charge in [0.25, 0.3) is 0 Å². The molecule has 0 aromatic carbocycles. The molecule has 0 rings (SSSR count). The smallest absolute Gasteiger partial charge is 0.221 e. The van der Waals surface area contributed by atoms with Crippen molar-refractivity contribution in [3.8, 4) is 0 Å². The maximum atomic E-state index is 11.8. The van der Waals surface area contributed by atoms with Gasteiger partial charge in [-0.25, -0.2) is 0 Å². The molecule has 0 atom stereocenters. The monoisotopic (exact) mass is 354 g/mol. The number of unbranched alkanes of at least 4 members (excludes halogenated alkanes) is 12. The molecule has 0 saturated carbocycles. The van der Waals surface area contributed by atoms with E-state index in [2.05, 4.69) is 31.1 Å². The number of carbonyl (C=O) groups is 1. The molecule has 0 aromatic rings. The first-order valence-corrected chi connectivity index (χ1v) is 11.2. The topological polar surface area (TPSA) is 32.3 Å². The number of hydrogen-bond donors (Lipinski definition) is 1. The van der Waals surface area contributed by atoms with Crippen molar-refractivity contribution in [3.05, 3.63) is 0 Å². The quantitative estimate of drug-likeness (QED) is 0.292. The van der Waals surface area contributed by atoms with E-state index in [9.17, 15) is 4.79 Å². The lowest BCUT2D eigenvalue weighted by molar-refractivity contribution is -0.121. The molecule has 0 aliphatic rings. The van der Waals surface area contributed by atoms with Gasteiger partial charge in [0.05, 0.1) is 0 Å². The molecule has 150 valence electrons.